The third kappa shape index (κ3) is 3.57. The van der Waals surface area contributed by atoms with Crippen LogP contribution in [0.3, 0.4) is 0 Å². The predicted octanol–water partition coefficient (Wildman–Crippen LogP) is 3.46. The number of aliphatic hydroxyl groups is 1. The first-order valence-corrected chi connectivity index (χ1v) is 9.52. The van der Waals surface area contributed by atoms with Gasteiger partial charge in [-0.25, -0.2) is 4.79 Å². The van der Waals surface area contributed by atoms with Crippen LogP contribution in [0.2, 0.25) is 0 Å². The Morgan fingerprint density at radius 1 is 1.11 bits per heavy atom. The molecular weight excluding hydrogens is 342 g/mol. The highest BCUT2D eigenvalue weighted by Crippen LogP contribution is 2.44. The standard InChI is InChI=1S/C22H25NO4/c1-2-26-15-11-22(25,12-15)14-23-21(24)27-13-20-18-9-5-3-7-16(18)17-8-4-6-10-19(17)20/h3-10,15,20,25H,2,11-14H2,1H3,(H,23,24). The molecular formula is C22H25NO4. The molecule has 4 rings (SSSR count). The van der Waals surface area contributed by atoms with E-state index in [9.17, 15) is 9.90 Å². The highest BCUT2D eigenvalue weighted by Gasteiger charge is 2.43. The number of rotatable bonds is 6. The van der Waals surface area contributed by atoms with E-state index >= 15 is 0 Å². The number of carbonyl (C=O) groups excluding carboxylic acids is 1. The first-order chi connectivity index (χ1) is 13.1. The summed E-state index contributed by atoms with van der Waals surface area (Å²) >= 11 is 0. The van der Waals surface area contributed by atoms with Crippen molar-refractivity contribution in [2.75, 3.05) is 19.8 Å². The normalized spacial score (nSPS) is 23.3. The number of benzene rings is 2. The van der Waals surface area contributed by atoms with Crippen LogP contribution in [-0.4, -0.2) is 42.7 Å². The van der Waals surface area contributed by atoms with Gasteiger partial charge in [-0.15, -0.1) is 0 Å². The zero-order valence-corrected chi connectivity index (χ0v) is 15.5. The predicted molar refractivity (Wildman–Crippen MR) is 103 cm³/mol. The molecule has 1 amide bonds. The Hall–Kier alpha value is -2.37. The highest BCUT2D eigenvalue weighted by atomic mass is 16.5. The summed E-state index contributed by atoms with van der Waals surface area (Å²) in [6.07, 6.45) is 0.684. The summed E-state index contributed by atoms with van der Waals surface area (Å²) in [6, 6.07) is 16.5. The maximum absolute atomic E-state index is 12.1. The molecule has 142 valence electrons. The summed E-state index contributed by atoms with van der Waals surface area (Å²) in [5, 5.41) is 13.0. The van der Waals surface area contributed by atoms with E-state index < -0.39 is 11.7 Å². The van der Waals surface area contributed by atoms with E-state index in [1.807, 2.05) is 31.2 Å². The second-order valence-corrected chi connectivity index (χ2v) is 7.39. The molecule has 27 heavy (non-hydrogen) atoms. The fourth-order valence-corrected chi connectivity index (χ4v) is 4.17. The van der Waals surface area contributed by atoms with Crippen LogP contribution < -0.4 is 5.32 Å². The van der Waals surface area contributed by atoms with Crippen LogP contribution in [-0.2, 0) is 9.47 Å². The smallest absolute Gasteiger partial charge is 0.407 e. The molecule has 0 aromatic heterocycles. The number of hydrogen-bond acceptors (Lipinski definition) is 4. The SMILES string of the molecule is CCOC1CC(O)(CNC(=O)OCC2c3ccccc3-c3ccccc32)C1. The number of ether oxygens (including phenoxy) is 2. The molecule has 2 aromatic carbocycles. The minimum Gasteiger partial charge on any atom is -0.449 e. The Bertz CT molecular complexity index is 783. The van der Waals surface area contributed by atoms with Gasteiger partial charge in [0.2, 0.25) is 0 Å². The Labute approximate surface area is 159 Å². The molecule has 5 nitrogen and oxygen atoms in total. The Morgan fingerprint density at radius 2 is 1.70 bits per heavy atom. The second kappa shape index (κ2) is 7.33. The van der Waals surface area contributed by atoms with Gasteiger partial charge in [0.1, 0.15) is 6.61 Å². The molecule has 0 atom stereocenters. The van der Waals surface area contributed by atoms with Crippen LogP contribution >= 0.6 is 0 Å². The lowest BCUT2D eigenvalue weighted by molar-refractivity contribution is -0.134. The molecule has 2 aromatic rings. The molecule has 0 spiro atoms. The van der Waals surface area contributed by atoms with Gasteiger partial charge in [-0.3, -0.25) is 0 Å². The van der Waals surface area contributed by atoms with E-state index in [0.29, 0.717) is 19.4 Å². The van der Waals surface area contributed by atoms with Crippen molar-refractivity contribution < 1.29 is 19.4 Å². The molecule has 2 aliphatic carbocycles. The third-order valence-electron chi connectivity index (χ3n) is 5.52. The summed E-state index contributed by atoms with van der Waals surface area (Å²) in [5.41, 5.74) is 3.89. The van der Waals surface area contributed by atoms with Crippen molar-refractivity contribution in [1.82, 2.24) is 5.32 Å². The van der Waals surface area contributed by atoms with Crippen molar-refractivity contribution in [2.45, 2.75) is 37.4 Å². The lowest BCUT2D eigenvalue weighted by Gasteiger charge is -2.43. The van der Waals surface area contributed by atoms with Gasteiger partial charge in [0.15, 0.2) is 0 Å². The van der Waals surface area contributed by atoms with E-state index in [2.05, 4.69) is 29.6 Å². The van der Waals surface area contributed by atoms with E-state index in [-0.39, 0.29) is 25.2 Å². The van der Waals surface area contributed by atoms with Crippen LogP contribution in [0.1, 0.15) is 36.8 Å². The molecule has 0 bridgehead atoms. The van der Waals surface area contributed by atoms with Crippen molar-refractivity contribution in [3.8, 4) is 11.1 Å². The van der Waals surface area contributed by atoms with Gasteiger partial charge in [-0.2, -0.15) is 0 Å². The fourth-order valence-electron chi connectivity index (χ4n) is 4.17. The molecule has 2 aliphatic rings. The first-order valence-electron chi connectivity index (χ1n) is 9.52. The molecule has 1 saturated carbocycles. The molecule has 0 radical (unpaired) electrons. The van der Waals surface area contributed by atoms with Crippen molar-refractivity contribution >= 4 is 6.09 Å². The van der Waals surface area contributed by atoms with E-state index in [1.165, 1.54) is 22.3 Å². The van der Waals surface area contributed by atoms with Crippen LogP contribution in [0.15, 0.2) is 48.5 Å². The van der Waals surface area contributed by atoms with Crippen LogP contribution in [0, 0.1) is 0 Å². The summed E-state index contributed by atoms with van der Waals surface area (Å²) in [4.78, 5) is 12.1. The van der Waals surface area contributed by atoms with Crippen LogP contribution in [0.25, 0.3) is 11.1 Å². The van der Waals surface area contributed by atoms with Crippen LogP contribution in [0.5, 0.6) is 0 Å². The van der Waals surface area contributed by atoms with Gasteiger partial charge in [0.25, 0.3) is 0 Å². The summed E-state index contributed by atoms with van der Waals surface area (Å²) in [7, 11) is 0. The summed E-state index contributed by atoms with van der Waals surface area (Å²) < 4.78 is 10.9. The van der Waals surface area contributed by atoms with E-state index in [1.54, 1.807) is 0 Å². The average molecular weight is 367 g/mol. The van der Waals surface area contributed by atoms with Crippen LogP contribution in [0.4, 0.5) is 4.79 Å². The first kappa shape index (κ1) is 18.0. The Balaban J connectivity index is 1.33. The largest absolute Gasteiger partial charge is 0.449 e. The number of hydrogen-bond donors (Lipinski definition) is 2. The molecule has 0 unspecified atom stereocenters. The van der Waals surface area contributed by atoms with Crippen molar-refractivity contribution in [1.29, 1.82) is 0 Å². The Morgan fingerprint density at radius 3 is 2.30 bits per heavy atom. The molecule has 0 heterocycles. The molecule has 5 heteroatoms. The molecule has 0 saturated heterocycles. The zero-order valence-electron chi connectivity index (χ0n) is 15.5. The third-order valence-corrected chi connectivity index (χ3v) is 5.52. The quantitative estimate of drug-likeness (QED) is 0.821. The van der Waals surface area contributed by atoms with Gasteiger partial charge >= 0.3 is 6.09 Å². The number of nitrogens with one attached hydrogen (secondary N) is 1. The van der Waals surface area contributed by atoms with E-state index in [4.69, 9.17) is 9.47 Å². The highest BCUT2D eigenvalue weighted by molar-refractivity contribution is 5.79. The lowest BCUT2D eigenvalue weighted by atomic mass is 9.77. The topological polar surface area (TPSA) is 67.8 Å². The van der Waals surface area contributed by atoms with E-state index in [0.717, 1.165) is 0 Å². The zero-order chi connectivity index (χ0) is 18.9. The maximum atomic E-state index is 12.1. The maximum Gasteiger partial charge on any atom is 0.407 e. The van der Waals surface area contributed by atoms with Gasteiger partial charge in [-0.1, -0.05) is 48.5 Å². The average Bonchev–Trinajstić information content (AvgIpc) is 2.98. The minimum atomic E-state index is -0.884. The second-order valence-electron chi connectivity index (χ2n) is 7.39. The van der Waals surface area contributed by atoms with Gasteiger partial charge in [-0.05, 0) is 29.2 Å². The van der Waals surface area contributed by atoms with Gasteiger partial charge < -0.3 is 19.9 Å². The van der Waals surface area contributed by atoms with Crippen molar-refractivity contribution in [3.63, 3.8) is 0 Å². The monoisotopic (exact) mass is 367 g/mol. The molecule has 2 N–H and O–H groups in total. The van der Waals surface area contributed by atoms with Crippen molar-refractivity contribution in [3.05, 3.63) is 59.7 Å². The summed E-state index contributed by atoms with van der Waals surface area (Å²) in [5.74, 6) is 0.0391. The Kier molecular flexibility index (Phi) is 4.89. The molecule has 0 aliphatic heterocycles. The number of amides is 1. The molecule has 1 fully saturated rings. The number of fused-ring (bicyclic) bond motifs is 3. The van der Waals surface area contributed by atoms with Gasteiger partial charge in [0.05, 0.1) is 11.7 Å². The van der Waals surface area contributed by atoms with Gasteiger partial charge in [0, 0.05) is 31.9 Å². The fraction of sp³-hybridized carbons (Fsp3) is 0.409. The minimum absolute atomic E-state index is 0.0391. The number of carbonyl (C=O) groups is 1. The summed E-state index contributed by atoms with van der Waals surface area (Å²) in [6.45, 7) is 3.04. The van der Waals surface area contributed by atoms with Crippen molar-refractivity contribution in [2.24, 2.45) is 0 Å². The lowest BCUT2D eigenvalue weighted by Crippen LogP contribution is -2.55. The number of alkyl carbamates (subject to hydrolysis) is 1.